The molecule has 0 saturated carbocycles. The van der Waals surface area contributed by atoms with Crippen molar-refractivity contribution in [1.29, 1.82) is 0 Å². The van der Waals surface area contributed by atoms with Crippen molar-refractivity contribution in [2.24, 2.45) is 16.7 Å². The predicted molar refractivity (Wildman–Crippen MR) is 130 cm³/mol. The number of hydrogen-bond donors (Lipinski definition) is 1. The highest BCUT2D eigenvalue weighted by Gasteiger charge is 2.62. The zero-order valence-electron chi connectivity index (χ0n) is 21.6. The molecule has 2 heterocycles. The van der Waals surface area contributed by atoms with Crippen LogP contribution in [0.4, 0.5) is 0 Å². The smallest absolute Gasteiger partial charge is 0.233 e. The number of imide groups is 1. The Labute approximate surface area is 196 Å². The third-order valence-corrected chi connectivity index (χ3v) is 8.97. The number of likely N-dealkylation sites (tertiary alicyclic amines) is 1. The number of nitrogens with zero attached hydrogens (tertiary/aromatic N) is 1. The van der Waals surface area contributed by atoms with Crippen molar-refractivity contribution >= 4 is 17.7 Å². The maximum atomic E-state index is 13.2. The van der Waals surface area contributed by atoms with Crippen molar-refractivity contribution in [3.05, 3.63) is 0 Å². The van der Waals surface area contributed by atoms with E-state index in [9.17, 15) is 14.4 Å². The molecule has 2 unspecified atom stereocenters. The van der Waals surface area contributed by atoms with Crippen molar-refractivity contribution in [2.75, 3.05) is 6.54 Å². The lowest BCUT2D eigenvalue weighted by Crippen LogP contribution is -2.65. The highest BCUT2D eigenvalue weighted by atomic mass is 16.2. The van der Waals surface area contributed by atoms with Crippen LogP contribution in [0.3, 0.4) is 0 Å². The van der Waals surface area contributed by atoms with Crippen LogP contribution < -0.4 is 5.32 Å². The molecule has 5 nitrogen and oxygen atoms in total. The first-order valence-electron chi connectivity index (χ1n) is 13.1. The predicted octanol–water partition coefficient (Wildman–Crippen LogP) is 6.00. The van der Waals surface area contributed by atoms with E-state index in [1.54, 1.807) is 6.92 Å². The molecule has 0 aliphatic carbocycles. The van der Waals surface area contributed by atoms with E-state index in [1.807, 2.05) is 4.90 Å². The van der Waals surface area contributed by atoms with Gasteiger partial charge in [0.05, 0.1) is 5.41 Å². The summed E-state index contributed by atoms with van der Waals surface area (Å²) in [5.41, 5.74) is -1.29. The van der Waals surface area contributed by atoms with E-state index in [1.165, 1.54) is 51.4 Å². The second kappa shape index (κ2) is 11.2. The average Bonchev–Trinajstić information content (AvgIpc) is 2.98. The molecule has 2 aliphatic heterocycles. The molecule has 3 amide bonds. The van der Waals surface area contributed by atoms with Crippen LogP contribution in [0.5, 0.6) is 0 Å². The molecule has 0 radical (unpaired) electrons. The number of carbonyl (C=O) groups excluding carboxylic acids is 3. The van der Waals surface area contributed by atoms with Crippen molar-refractivity contribution < 1.29 is 14.4 Å². The Morgan fingerprint density at radius 2 is 1.47 bits per heavy atom. The fourth-order valence-corrected chi connectivity index (χ4v) is 6.44. The summed E-state index contributed by atoms with van der Waals surface area (Å²) in [7, 11) is 0. The number of nitrogens with one attached hydrogen (secondary N) is 1. The maximum Gasteiger partial charge on any atom is 0.233 e. The van der Waals surface area contributed by atoms with Crippen LogP contribution in [0, 0.1) is 16.7 Å². The molecule has 0 bridgehead atoms. The van der Waals surface area contributed by atoms with Crippen molar-refractivity contribution in [1.82, 2.24) is 10.2 Å². The number of piperidine rings is 1. The molecule has 0 aromatic heterocycles. The Hall–Kier alpha value is -1.39. The number of carbonyl (C=O) groups is 3. The summed E-state index contributed by atoms with van der Waals surface area (Å²) < 4.78 is 0. The molecular formula is C27H48N2O3. The topological polar surface area (TPSA) is 66.5 Å². The summed E-state index contributed by atoms with van der Waals surface area (Å²) in [5.74, 6) is -0.0592. The van der Waals surface area contributed by atoms with E-state index in [2.05, 4.69) is 39.9 Å². The lowest BCUT2D eigenvalue weighted by Gasteiger charge is -2.60. The van der Waals surface area contributed by atoms with Crippen LogP contribution >= 0.6 is 0 Å². The normalized spacial score (nSPS) is 26.9. The van der Waals surface area contributed by atoms with Crippen LogP contribution in [-0.4, -0.2) is 34.7 Å². The molecule has 32 heavy (non-hydrogen) atoms. The van der Waals surface area contributed by atoms with E-state index in [0.717, 1.165) is 25.7 Å². The lowest BCUT2D eigenvalue weighted by atomic mass is 9.52. The van der Waals surface area contributed by atoms with Gasteiger partial charge >= 0.3 is 0 Å². The van der Waals surface area contributed by atoms with Crippen molar-refractivity contribution in [3.63, 3.8) is 0 Å². The van der Waals surface area contributed by atoms with Crippen LogP contribution in [0.25, 0.3) is 0 Å². The van der Waals surface area contributed by atoms with E-state index >= 15 is 0 Å². The van der Waals surface area contributed by atoms with Gasteiger partial charge in [0.25, 0.3) is 0 Å². The first-order valence-corrected chi connectivity index (χ1v) is 13.1. The standard InChI is InChI=1S/C27H48N2O3/c1-7-8-9-10-11-12-13-14-15-16-18-27(20-23(31)28-24(27)32)22-17-19-29(21(2)30)26(5,6)25(22,3)4/h22H,7-20H2,1-6H3,(H,28,31,32). The molecular weight excluding hydrogens is 400 g/mol. The van der Waals surface area contributed by atoms with Crippen LogP contribution in [0.2, 0.25) is 0 Å². The molecule has 184 valence electrons. The highest BCUT2D eigenvalue weighted by molar-refractivity contribution is 6.06. The fourth-order valence-electron chi connectivity index (χ4n) is 6.44. The molecule has 0 aromatic carbocycles. The first kappa shape index (κ1) is 26.9. The number of rotatable bonds is 12. The van der Waals surface area contributed by atoms with Crippen molar-refractivity contribution in [3.8, 4) is 0 Å². The Morgan fingerprint density at radius 3 is 1.94 bits per heavy atom. The van der Waals surface area contributed by atoms with Gasteiger partial charge in [-0.2, -0.15) is 0 Å². The van der Waals surface area contributed by atoms with Gasteiger partial charge in [0.1, 0.15) is 0 Å². The van der Waals surface area contributed by atoms with Gasteiger partial charge in [-0.1, -0.05) is 85.0 Å². The maximum absolute atomic E-state index is 13.2. The third-order valence-electron chi connectivity index (χ3n) is 8.97. The van der Waals surface area contributed by atoms with Crippen LogP contribution in [0.15, 0.2) is 0 Å². The minimum Gasteiger partial charge on any atom is -0.337 e. The molecule has 2 aliphatic rings. The minimum atomic E-state index is -0.638. The van der Waals surface area contributed by atoms with Crippen molar-refractivity contribution in [2.45, 2.75) is 131 Å². The summed E-state index contributed by atoms with van der Waals surface area (Å²) in [6.07, 6.45) is 14.4. The summed E-state index contributed by atoms with van der Waals surface area (Å²) in [6, 6.07) is 0. The second-order valence-electron chi connectivity index (χ2n) is 11.4. The Kier molecular flexibility index (Phi) is 9.36. The monoisotopic (exact) mass is 448 g/mol. The Balaban J connectivity index is 2.00. The SMILES string of the molecule is CCCCCCCCCCCCC1(C2CCN(C(C)=O)C(C)(C)C2(C)C)CC(=O)NC1=O. The first-order chi connectivity index (χ1) is 15.0. The van der Waals surface area contributed by atoms with E-state index in [4.69, 9.17) is 0 Å². The lowest BCUT2D eigenvalue weighted by molar-refractivity contribution is -0.162. The zero-order valence-corrected chi connectivity index (χ0v) is 21.6. The van der Waals surface area contributed by atoms with E-state index in [-0.39, 0.29) is 34.6 Å². The molecule has 0 aromatic rings. The average molecular weight is 449 g/mol. The molecule has 2 saturated heterocycles. The molecule has 0 spiro atoms. The van der Waals surface area contributed by atoms with E-state index in [0.29, 0.717) is 13.0 Å². The summed E-state index contributed by atoms with van der Waals surface area (Å²) in [4.78, 5) is 39.8. The van der Waals surface area contributed by atoms with Crippen LogP contribution in [0.1, 0.15) is 125 Å². The fraction of sp³-hybridized carbons (Fsp3) is 0.889. The van der Waals surface area contributed by atoms with Crippen LogP contribution in [-0.2, 0) is 14.4 Å². The zero-order chi connectivity index (χ0) is 24.0. The summed E-state index contributed by atoms with van der Waals surface area (Å²) in [6.45, 7) is 13.1. The molecule has 2 rings (SSSR count). The highest BCUT2D eigenvalue weighted by Crippen LogP contribution is 2.57. The van der Waals surface area contributed by atoms with E-state index < -0.39 is 5.41 Å². The third kappa shape index (κ3) is 5.56. The summed E-state index contributed by atoms with van der Waals surface area (Å²) in [5, 5.41) is 2.63. The molecule has 2 fully saturated rings. The number of unbranched alkanes of at least 4 members (excludes halogenated alkanes) is 9. The quantitative estimate of drug-likeness (QED) is 0.294. The number of amides is 3. The second-order valence-corrected chi connectivity index (χ2v) is 11.4. The van der Waals surface area contributed by atoms with Gasteiger partial charge in [-0.3, -0.25) is 19.7 Å². The van der Waals surface area contributed by atoms with Gasteiger partial charge in [0.2, 0.25) is 17.7 Å². The van der Waals surface area contributed by atoms with Gasteiger partial charge in [0, 0.05) is 25.4 Å². The van der Waals surface area contributed by atoms with Gasteiger partial charge in [-0.05, 0) is 38.0 Å². The van der Waals surface area contributed by atoms with Gasteiger partial charge in [-0.15, -0.1) is 0 Å². The molecule has 5 heteroatoms. The molecule has 2 atom stereocenters. The minimum absolute atomic E-state index is 0.0746. The van der Waals surface area contributed by atoms with Gasteiger partial charge in [0.15, 0.2) is 0 Å². The van der Waals surface area contributed by atoms with Gasteiger partial charge < -0.3 is 4.90 Å². The van der Waals surface area contributed by atoms with Gasteiger partial charge in [-0.25, -0.2) is 0 Å². The Morgan fingerprint density at radius 1 is 0.938 bits per heavy atom. The Bertz CT molecular complexity index is 670. The summed E-state index contributed by atoms with van der Waals surface area (Å²) >= 11 is 0. The number of hydrogen-bond acceptors (Lipinski definition) is 3. The largest absolute Gasteiger partial charge is 0.337 e. The molecule has 1 N–H and O–H groups in total.